The molecule has 0 saturated heterocycles. The predicted molar refractivity (Wildman–Crippen MR) is 95.7 cm³/mol. The van der Waals surface area contributed by atoms with Crippen LogP contribution in [0, 0.1) is 23.3 Å². The lowest BCUT2D eigenvalue weighted by Gasteiger charge is -2.08. The molecule has 0 amide bonds. The van der Waals surface area contributed by atoms with Crippen LogP contribution in [-0.2, 0) is 6.61 Å². The van der Waals surface area contributed by atoms with Crippen LogP contribution in [0.25, 0.3) is 6.08 Å². The third-order valence-corrected chi connectivity index (χ3v) is 3.89. The molecule has 2 aromatic carbocycles. The van der Waals surface area contributed by atoms with E-state index >= 15 is 0 Å². The van der Waals surface area contributed by atoms with Gasteiger partial charge in [0.25, 0.3) is 0 Å². The Labute approximate surface area is 163 Å². The van der Waals surface area contributed by atoms with Crippen LogP contribution in [0.2, 0.25) is 0 Å². The summed E-state index contributed by atoms with van der Waals surface area (Å²) in [5, 5.41) is 0. The summed E-state index contributed by atoms with van der Waals surface area (Å²) in [6.45, 7) is -0.475. The van der Waals surface area contributed by atoms with Crippen molar-refractivity contribution < 1.29 is 36.2 Å². The van der Waals surface area contributed by atoms with Gasteiger partial charge in [0.1, 0.15) is 23.9 Å². The fourth-order valence-electron chi connectivity index (χ4n) is 2.39. The Bertz CT molecular complexity index is 1030. The second kappa shape index (κ2) is 8.64. The fraction of sp³-hybridized carbons (Fsp3) is 0.0952. The van der Waals surface area contributed by atoms with Crippen LogP contribution in [0.5, 0.6) is 11.5 Å². The number of ether oxygens (including phenoxy) is 2. The average molecular weight is 406 g/mol. The van der Waals surface area contributed by atoms with E-state index in [1.165, 1.54) is 31.4 Å². The predicted octanol–water partition coefficient (Wildman–Crippen LogP) is 5.32. The molecular weight excluding hydrogens is 392 g/mol. The molecule has 0 aliphatic rings. The highest BCUT2D eigenvalue weighted by Gasteiger charge is 2.21. The summed E-state index contributed by atoms with van der Waals surface area (Å²) in [4.78, 5) is 12.1. The van der Waals surface area contributed by atoms with E-state index in [0.717, 1.165) is 0 Å². The third-order valence-electron chi connectivity index (χ3n) is 3.89. The van der Waals surface area contributed by atoms with Gasteiger partial charge in [-0.05, 0) is 48.6 Å². The maximum absolute atomic E-state index is 13.6. The van der Waals surface area contributed by atoms with E-state index in [1.54, 1.807) is 24.3 Å². The molecule has 0 spiro atoms. The molecule has 0 aliphatic heterocycles. The number of halogens is 4. The molecule has 0 unspecified atom stereocenters. The minimum atomic E-state index is -1.64. The summed E-state index contributed by atoms with van der Waals surface area (Å²) in [7, 11) is 1.52. The van der Waals surface area contributed by atoms with Crippen LogP contribution in [0.15, 0.2) is 53.0 Å². The molecule has 1 aromatic heterocycles. The standard InChI is InChI=1S/C21H14F4O4/c1-27-13-4-2-12(3-5-13)18(26)9-8-14-6-7-15(29-14)11-28-21-19(24)16(22)10-17(23)20(21)25/h2-10H,11H2,1H3/b9-8+. The normalized spacial score (nSPS) is 11.1. The molecule has 4 nitrogen and oxygen atoms in total. The van der Waals surface area contributed by atoms with Gasteiger partial charge in [-0.1, -0.05) is 0 Å². The number of ketones is 1. The Morgan fingerprint density at radius 1 is 1.00 bits per heavy atom. The van der Waals surface area contributed by atoms with Gasteiger partial charge in [-0.25, -0.2) is 8.78 Å². The maximum Gasteiger partial charge on any atom is 0.203 e. The molecular formula is C21H14F4O4. The molecule has 0 fully saturated rings. The van der Waals surface area contributed by atoms with Crippen LogP contribution < -0.4 is 9.47 Å². The summed E-state index contributed by atoms with van der Waals surface area (Å²) in [5.74, 6) is -6.85. The molecule has 29 heavy (non-hydrogen) atoms. The highest BCUT2D eigenvalue weighted by Crippen LogP contribution is 2.27. The molecule has 0 aliphatic carbocycles. The Kier molecular flexibility index (Phi) is 6.01. The molecule has 1 heterocycles. The molecule has 8 heteroatoms. The molecule has 3 aromatic rings. The van der Waals surface area contributed by atoms with E-state index in [1.807, 2.05) is 0 Å². The first-order chi connectivity index (χ1) is 13.9. The molecule has 150 valence electrons. The number of carbonyl (C=O) groups excluding carboxylic acids is 1. The number of furan rings is 1. The zero-order valence-electron chi connectivity index (χ0n) is 15.0. The Balaban J connectivity index is 1.65. The van der Waals surface area contributed by atoms with Crippen LogP contribution >= 0.6 is 0 Å². The lowest BCUT2D eigenvalue weighted by atomic mass is 10.1. The van der Waals surface area contributed by atoms with Gasteiger partial charge in [0.2, 0.25) is 11.6 Å². The summed E-state index contributed by atoms with van der Waals surface area (Å²) in [6.07, 6.45) is 2.69. The Morgan fingerprint density at radius 2 is 1.66 bits per heavy atom. The quantitative estimate of drug-likeness (QED) is 0.231. The average Bonchev–Trinajstić information content (AvgIpc) is 3.18. The van der Waals surface area contributed by atoms with E-state index in [9.17, 15) is 22.4 Å². The smallest absolute Gasteiger partial charge is 0.203 e. The topological polar surface area (TPSA) is 48.7 Å². The van der Waals surface area contributed by atoms with Gasteiger partial charge in [0, 0.05) is 11.6 Å². The van der Waals surface area contributed by atoms with Crippen molar-refractivity contribution in [3.8, 4) is 11.5 Å². The zero-order valence-corrected chi connectivity index (χ0v) is 15.0. The number of benzene rings is 2. The van der Waals surface area contributed by atoms with Gasteiger partial charge in [-0.3, -0.25) is 4.79 Å². The highest BCUT2D eigenvalue weighted by molar-refractivity contribution is 6.06. The first-order valence-corrected chi connectivity index (χ1v) is 8.30. The molecule has 0 atom stereocenters. The minimum Gasteiger partial charge on any atom is -0.497 e. The van der Waals surface area contributed by atoms with Crippen molar-refractivity contribution in [1.82, 2.24) is 0 Å². The summed E-state index contributed by atoms with van der Waals surface area (Å²) in [6, 6.07) is 9.53. The van der Waals surface area contributed by atoms with Crippen molar-refractivity contribution >= 4 is 11.9 Å². The van der Waals surface area contributed by atoms with Gasteiger partial charge in [-0.15, -0.1) is 0 Å². The van der Waals surface area contributed by atoms with Crippen molar-refractivity contribution in [3.05, 3.63) is 88.9 Å². The summed E-state index contributed by atoms with van der Waals surface area (Å²) in [5.41, 5.74) is 0.441. The second-order valence-electron chi connectivity index (χ2n) is 5.82. The van der Waals surface area contributed by atoms with Gasteiger partial charge in [0.05, 0.1) is 7.11 Å². The third kappa shape index (κ3) is 4.66. The van der Waals surface area contributed by atoms with Gasteiger partial charge in [0.15, 0.2) is 23.2 Å². The second-order valence-corrected chi connectivity index (χ2v) is 5.82. The lowest BCUT2D eigenvalue weighted by molar-refractivity contribution is 0.104. The van der Waals surface area contributed by atoms with E-state index in [2.05, 4.69) is 0 Å². The van der Waals surface area contributed by atoms with Crippen LogP contribution in [-0.4, -0.2) is 12.9 Å². The van der Waals surface area contributed by atoms with Crippen LogP contribution in [0.4, 0.5) is 17.6 Å². The maximum atomic E-state index is 13.6. The highest BCUT2D eigenvalue weighted by atomic mass is 19.2. The Morgan fingerprint density at radius 3 is 2.28 bits per heavy atom. The monoisotopic (exact) mass is 406 g/mol. The minimum absolute atomic E-state index is 0.0904. The van der Waals surface area contributed by atoms with Gasteiger partial charge < -0.3 is 13.9 Å². The largest absolute Gasteiger partial charge is 0.497 e. The van der Waals surface area contributed by atoms with Crippen molar-refractivity contribution in [2.24, 2.45) is 0 Å². The summed E-state index contributed by atoms with van der Waals surface area (Å²) >= 11 is 0. The van der Waals surface area contributed by atoms with E-state index in [-0.39, 0.29) is 23.4 Å². The number of allylic oxidation sites excluding steroid dienone is 1. The van der Waals surface area contributed by atoms with Crippen molar-refractivity contribution in [3.63, 3.8) is 0 Å². The lowest BCUT2D eigenvalue weighted by Crippen LogP contribution is -2.03. The molecule has 3 rings (SSSR count). The number of hydrogen-bond acceptors (Lipinski definition) is 4. The zero-order chi connectivity index (χ0) is 21.0. The van der Waals surface area contributed by atoms with E-state index in [4.69, 9.17) is 13.9 Å². The van der Waals surface area contributed by atoms with Crippen LogP contribution in [0.1, 0.15) is 21.9 Å². The Hall–Kier alpha value is -3.55. The first-order valence-electron chi connectivity index (χ1n) is 8.30. The molecule has 0 N–H and O–H groups in total. The SMILES string of the molecule is COc1ccc(C(=O)/C=C/c2ccc(COc3c(F)c(F)cc(F)c3F)o2)cc1. The van der Waals surface area contributed by atoms with Gasteiger partial charge in [-0.2, -0.15) is 8.78 Å². The molecule has 0 bridgehead atoms. The number of rotatable bonds is 7. The fourth-order valence-corrected chi connectivity index (χ4v) is 2.39. The van der Waals surface area contributed by atoms with E-state index < -0.39 is 35.6 Å². The summed E-state index contributed by atoms with van der Waals surface area (Å²) < 4.78 is 68.7. The van der Waals surface area contributed by atoms with Crippen molar-refractivity contribution in [1.29, 1.82) is 0 Å². The molecule has 0 radical (unpaired) electrons. The number of carbonyl (C=O) groups is 1. The van der Waals surface area contributed by atoms with Crippen molar-refractivity contribution in [2.75, 3.05) is 7.11 Å². The number of methoxy groups -OCH3 is 1. The van der Waals surface area contributed by atoms with Crippen LogP contribution in [0.3, 0.4) is 0 Å². The van der Waals surface area contributed by atoms with Crippen molar-refractivity contribution in [2.45, 2.75) is 6.61 Å². The number of hydrogen-bond donors (Lipinski definition) is 0. The van der Waals surface area contributed by atoms with E-state index in [0.29, 0.717) is 11.3 Å². The first kappa shape index (κ1) is 20.2. The molecule has 0 saturated carbocycles. The van der Waals surface area contributed by atoms with Gasteiger partial charge >= 0.3 is 0 Å².